The largest absolute Gasteiger partial charge is 0.340 e. The number of halogens is 1. The molecule has 1 aromatic heterocycles. The lowest BCUT2D eigenvalue weighted by Gasteiger charge is -2.30. The van der Waals surface area contributed by atoms with Crippen molar-refractivity contribution >= 4 is 21.8 Å². The van der Waals surface area contributed by atoms with Crippen molar-refractivity contribution in [2.45, 2.75) is 25.4 Å². The average molecular weight is 314 g/mol. The Labute approximate surface area is 114 Å². The van der Waals surface area contributed by atoms with Gasteiger partial charge in [-0.05, 0) is 34.8 Å². The first-order chi connectivity index (χ1) is 8.56. The molecule has 0 radical (unpaired) electrons. The minimum absolute atomic E-state index is 0.0506. The molecule has 1 atom stereocenters. The number of rotatable bonds is 2. The van der Waals surface area contributed by atoms with Crippen LogP contribution in [0.4, 0.5) is 0 Å². The van der Waals surface area contributed by atoms with Crippen LogP contribution >= 0.6 is 15.9 Å². The van der Waals surface area contributed by atoms with Crippen molar-refractivity contribution in [3.05, 3.63) is 33.2 Å². The highest BCUT2D eigenvalue weighted by molar-refractivity contribution is 9.10. The monoisotopic (exact) mass is 313 g/mol. The second-order valence-electron chi connectivity index (χ2n) is 4.56. The second-order valence-corrected chi connectivity index (χ2v) is 5.47. The van der Waals surface area contributed by atoms with Crippen LogP contribution in [0.25, 0.3) is 0 Å². The maximum atomic E-state index is 12.1. The molecule has 1 saturated heterocycles. The third-order valence-corrected chi connectivity index (χ3v) is 3.53. The van der Waals surface area contributed by atoms with Gasteiger partial charge in [0.1, 0.15) is 6.54 Å². The molecule has 1 fully saturated rings. The van der Waals surface area contributed by atoms with Crippen molar-refractivity contribution in [3.63, 3.8) is 0 Å². The molecule has 2 heterocycles. The Balaban J connectivity index is 2.06. The van der Waals surface area contributed by atoms with Crippen LogP contribution in [0.2, 0.25) is 0 Å². The number of nitrogens with two attached hydrogens (primary N) is 1. The van der Waals surface area contributed by atoms with Crippen LogP contribution < -0.4 is 11.3 Å². The van der Waals surface area contributed by atoms with E-state index < -0.39 is 0 Å². The molecule has 1 unspecified atom stereocenters. The fourth-order valence-corrected chi connectivity index (χ4v) is 2.49. The van der Waals surface area contributed by atoms with Crippen LogP contribution in [0.3, 0.4) is 0 Å². The number of likely N-dealkylation sites (tertiary alicyclic amines) is 1. The third kappa shape index (κ3) is 3.20. The van der Waals surface area contributed by atoms with E-state index in [1.807, 2.05) is 0 Å². The summed E-state index contributed by atoms with van der Waals surface area (Å²) in [7, 11) is 0. The Morgan fingerprint density at radius 1 is 1.50 bits per heavy atom. The molecule has 18 heavy (non-hydrogen) atoms. The van der Waals surface area contributed by atoms with E-state index in [0.29, 0.717) is 6.54 Å². The summed E-state index contributed by atoms with van der Waals surface area (Å²) in [4.78, 5) is 25.4. The SMILES string of the molecule is NC1CCCN(C(=O)Cn2cc(Br)ccc2=O)C1. The zero-order valence-electron chi connectivity index (χ0n) is 10.0. The highest BCUT2D eigenvalue weighted by atomic mass is 79.9. The van der Waals surface area contributed by atoms with Gasteiger partial charge in [0.25, 0.3) is 5.56 Å². The molecule has 1 amide bonds. The molecule has 0 aliphatic carbocycles. The van der Waals surface area contributed by atoms with Crippen LogP contribution in [0, 0.1) is 0 Å². The summed E-state index contributed by atoms with van der Waals surface area (Å²) in [5.41, 5.74) is 5.67. The topological polar surface area (TPSA) is 68.3 Å². The lowest BCUT2D eigenvalue weighted by atomic mass is 10.1. The van der Waals surface area contributed by atoms with Gasteiger partial charge in [0.05, 0.1) is 0 Å². The highest BCUT2D eigenvalue weighted by Crippen LogP contribution is 2.09. The number of carbonyl (C=O) groups excluding carboxylic acids is 1. The molecule has 0 saturated carbocycles. The smallest absolute Gasteiger partial charge is 0.251 e. The molecule has 98 valence electrons. The molecule has 0 aromatic carbocycles. The first kappa shape index (κ1) is 13.3. The average Bonchev–Trinajstić information content (AvgIpc) is 2.34. The molecule has 2 N–H and O–H groups in total. The Kier molecular flexibility index (Phi) is 4.19. The van der Waals surface area contributed by atoms with Gasteiger partial charge in [-0.25, -0.2) is 0 Å². The van der Waals surface area contributed by atoms with Gasteiger partial charge in [0.2, 0.25) is 5.91 Å². The van der Waals surface area contributed by atoms with Crippen molar-refractivity contribution in [2.24, 2.45) is 5.73 Å². The standard InChI is InChI=1S/C12H16BrN3O2/c13-9-3-4-11(17)16(6-9)8-12(18)15-5-1-2-10(14)7-15/h3-4,6,10H,1-2,5,7-8,14H2. The van der Waals surface area contributed by atoms with E-state index in [4.69, 9.17) is 5.73 Å². The van der Waals surface area contributed by atoms with Gasteiger partial charge in [0, 0.05) is 35.9 Å². The van der Waals surface area contributed by atoms with Crippen molar-refractivity contribution in [3.8, 4) is 0 Å². The zero-order valence-corrected chi connectivity index (χ0v) is 11.6. The number of piperidine rings is 1. The fraction of sp³-hybridized carbons (Fsp3) is 0.500. The minimum Gasteiger partial charge on any atom is -0.340 e. The van der Waals surface area contributed by atoms with Gasteiger partial charge < -0.3 is 15.2 Å². The number of nitrogens with zero attached hydrogens (tertiary/aromatic N) is 2. The van der Waals surface area contributed by atoms with Gasteiger partial charge in [0.15, 0.2) is 0 Å². The lowest BCUT2D eigenvalue weighted by molar-refractivity contribution is -0.133. The Bertz CT molecular complexity index is 500. The van der Waals surface area contributed by atoms with Crippen LogP contribution in [-0.2, 0) is 11.3 Å². The number of pyridine rings is 1. The number of carbonyl (C=O) groups is 1. The van der Waals surface area contributed by atoms with Crippen molar-refractivity contribution in [2.75, 3.05) is 13.1 Å². The summed E-state index contributed by atoms with van der Waals surface area (Å²) in [5, 5.41) is 0. The minimum atomic E-state index is -0.173. The molecule has 1 aliphatic rings. The highest BCUT2D eigenvalue weighted by Gasteiger charge is 2.21. The molecule has 5 nitrogen and oxygen atoms in total. The van der Waals surface area contributed by atoms with Crippen LogP contribution in [0.5, 0.6) is 0 Å². The normalized spacial score (nSPS) is 19.9. The molecule has 2 rings (SSSR count). The predicted molar refractivity (Wildman–Crippen MR) is 72.2 cm³/mol. The van der Waals surface area contributed by atoms with Crippen LogP contribution in [0.1, 0.15) is 12.8 Å². The van der Waals surface area contributed by atoms with E-state index in [9.17, 15) is 9.59 Å². The van der Waals surface area contributed by atoms with E-state index >= 15 is 0 Å². The first-order valence-corrected chi connectivity index (χ1v) is 6.75. The molecule has 0 spiro atoms. The molecular formula is C12H16BrN3O2. The number of amides is 1. The Hall–Kier alpha value is -1.14. The fourth-order valence-electron chi connectivity index (χ4n) is 2.11. The van der Waals surface area contributed by atoms with E-state index in [1.165, 1.54) is 10.6 Å². The summed E-state index contributed by atoms with van der Waals surface area (Å²) in [6, 6.07) is 3.17. The van der Waals surface area contributed by atoms with Crippen molar-refractivity contribution in [1.82, 2.24) is 9.47 Å². The molecular weight excluding hydrogens is 298 g/mol. The molecule has 1 aromatic rings. The van der Waals surface area contributed by atoms with Gasteiger partial charge >= 0.3 is 0 Å². The summed E-state index contributed by atoms with van der Waals surface area (Å²) in [6.45, 7) is 1.39. The van der Waals surface area contributed by atoms with Crippen LogP contribution in [-0.4, -0.2) is 34.5 Å². The maximum Gasteiger partial charge on any atom is 0.251 e. The summed E-state index contributed by atoms with van der Waals surface area (Å²) in [6.07, 6.45) is 3.52. The Morgan fingerprint density at radius 2 is 2.28 bits per heavy atom. The summed E-state index contributed by atoms with van der Waals surface area (Å²) < 4.78 is 2.19. The summed E-state index contributed by atoms with van der Waals surface area (Å²) in [5.74, 6) is -0.0506. The first-order valence-electron chi connectivity index (χ1n) is 5.95. The van der Waals surface area contributed by atoms with Gasteiger partial charge in [-0.2, -0.15) is 0 Å². The molecule has 1 aliphatic heterocycles. The van der Waals surface area contributed by atoms with Crippen molar-refractivity contribution < 1.29 is 4.79 Å². The van der Waals surface area contributed by atoms with E-state index in [0.717, 1.165) is 23.9 Å². The predicted octanol–water partition coefficient (Wildman–Crippen LogP) is 0.561. The summed E-state index contributed by atoms with van der Waals surface area (Å²) >= 11 is 3.29. The van der Waals surface area contributed by atoms with Gasteiger partial charge in [-0.3, -0.25) is 9.59 Å². The maximum absolute atomic E-state index is 12.1. The van der Waals surface area contributed by atoms with Crippen molar-refractivity contribution in [1.29, 1.82) is 0 Å². The number of hydrogen-bond donors (Lipinski definition) is 1. The van der Waals surface area contributed by atoms with E-state index in [-0.39, 0.29) is 24.1 Å². The number of aromatic nitrogens is 1. The second kappa shape index (κ2) is 5.67. The van der Waals surface area contributed by atoms with Gasteiger partial charge in [-0.1, -0.05) is 0 Å². The third-order valence-electron chi connectivity index (χ3n) is 3.06. The number of hydrogen-bond acceptors (Lipinski definition) is 3. The van der Waals surface area contributed by atoms with E-state index in [2.05, 4.69) is 15.9 Å². The van der Waals surface area contributed by atoms with E-state index in [1.54, 1.807) is 17.2 Å². The Morgan fingerprint density at radius 3 is 3.00 bits per heavy atom. The lowest BCUT2D eigenvalue weighted by Crippen LogP contribution is -2.47. The molecule has 0 bridgehead atoms. The van der Waals surface area contributed by atoms with Crippen LogP contribution in [0.15, 0.2) is 27.6 Å². The molecule has 6 heteroatoms. The van der Waals surface area contributed by atoms with Gasteiger partial charge in [-0.15, -0.1) is 0 Å². The quantitative estimate of drug-likeness (QED) is 0.867. The zero-order chi connectivity index (χ0) is 13.1.